The standard InChI is InChI=1S/C21H36O3/c1-13(22)16-8-11-21(24)18-5-4-14-12-15(23)6-9-19(14,2)17(18)7-10-20(16,21)3/h13-18,22-24H,4-12H2,1-3H3/t13?,14-,15+,16-,17+,18-,19+,20-,21+/m1/s1. The fourth-order valence-corrected chi connectivity index (χ4v) is 8.02. The molecule has 4 aliphatic rings. The van der Waals surface area contributed by atoms with E-state index in [2.05, 4.69) is 13.8 Å². The van der Waals surface area contributed by atoms with Crippen LogP contribution in [0.4, 0.5) is 0 Å². The first kappa shape index (κ1) is 17.3. The van der Waals surface area contributed by atoms with Gasteiger partial charge in [-0.25, -0.2) is 0 Å². The number of rotatable bonds is 1. The van der Waals surface area contributed by atoms with Crippen LogP contribution in [-0.4, -0.2) is 33.1 Å². The zero-order valence-electron chi connectivity index (χ0n) is 15.7. The molecule has 1 unspecified atom stereocenters. The molecule has 0 amide bonds. The predicted octanol–water partition coefficient (Wildman–Crippen LogP) is 3.50. The van der Waals surface area contributed by atoms with Crippen molar-refractivity contribution in [3.63, 3.8) is 0 Å². The molecular weight excluding hydrogens is 300 g/mol. The van der Waals surface area contributed by atoms with E-state index in [1.807, 2.05) is 6.92 Å². The monoisotopic (exact) mass is 336 g/mol. The maximum atomic E-state index is 11.9. The summed E-state index contributed by atoms with van der Waals surface area (Å²) in [6, 6.07) is 0. The third kappa shape index (κ3) is 2.07. The summed E-state index contributed by atoms with van der Waals surface area (Å²) in [6.07, 6.45) is 8.92. The van der Waals surface area contributed by atoms with E-state index in [1.165, 1.54) is 6.42 Å². The maximum Gasteiger partial charge on any atom is 0.0735 e. The molecule has 0 aromatic rings. The van der Waals surface area contributed by atoms with Crippen LogP contribution in [0.15, 0.2) is 0 Å². The third-order valence-electron chi connectivity index (χ3n) is 9.48. The Hall–Kier alpha value is -0.120. The average molecular weight is 337 g/mol. The number of fused-ring (bicyclic) bond motifs is 5. The highest BCUT2D eigenvalue weighted by atomic mass is 16.3. The first-order chi connectivity index (χ1) is 11.2. The van der Waals surface area contributed by atoms with Gasteiger partial charge in [0.1, 0.15) is 0 Å². The minimum atomic E-state index is -0.596. The molecule has 0 aromatic heterocycles. The molecule has 3 nitrogen and oxygen atoms in total. The van der Waals surface area contributed by atoms with Gasteiger partial charge in [0.2, 0.25) is 0 Å². The summed E-state index contributed by atoms with van der Waals surface area (Å²) in [6.45, 7) is 6.62. The molecule has 3 N–H and O–H groups in total. The molecule has 0 spiro atoms. The van der Waals surface area contributed by atoms with Crippen LogP contribution in [0.2, 0.25) is 0 Å². The van der Waals surface area contributed by atoms with E-state index in [4.69, 9.17) is 0 Å². The lowest BCUT2D eigenvalue weighted by Crippen LogP contribution is -2.62. The van der Waals surface area contributed by atoms with Crippen molar-refractivity contribution in [2.24, 2.45) is 34.5 Å². The topological polar surface area (TPSA) is 60.7 Å². The summed E-state index contributed by atoms with van der Waals surface area (Å²) >= 11 is 0. The molecule has 4 aliphatic carbocycles. The van der Waals surface area contributed by atoms with Crippen LogP contribution >= 0.6 is 0 Å². The van der Waals surface area contributed by atoms with Gasteiger partial charge in [-0.2, -0.15) is 0 Å². The van der Waals surface area contributed by atoms with Crippen molar-refractivity contribution in [1.82, 2.24) is 0 Å². The normalized spacial score (nSPS) is 58.5. The molecule has 138 valence electrons. The van der Waals surface area contributed by atoms with E-state index in [-0.39, 0.29) is 23.5 Å². The molecule has 4 rings (SSSR count). The van der Waals surface area contributed by atoms with Crippen molar-refractivity contribution < 1.29 is 15.3 Å². The van der Waals surface area contributed by atoms with Gasteiger partial charge in [0.15, 0.2) is 0 Å². The smallest absolute Gasteiger partial charge is 0.0735 e. The molecular formula is C21H36O3. The Morgan fingerprint density at radius 3 is 2.38 bits per heavy atom. The highest BCUT2D eigenvalue weighted by Gasteiger charge is 2.67. The highest BCUT2D eigenvalue weighted by Crippen LogP contribution is 2.69. The van der Waals surface area contributed by atoms with Gasteiger partial charge in [0.25, 0.3) is 0 Å². The highest BCUT2D eigenvalue weighted by molar-refractivity contribution is 5.17. The van der Waals surface area contributed by atoms with Crippen LogP contribution in [-0.2, 0) is 0 Å². The van der Waals surface area contributed by atoms with Gasteiger partial charge in [0.05, 0.1) is 17.8 Å². The molecule has 4 saturated carbocycles. The molecule has 0 aliphatic heterocycles. The number of hydrogen-bond donors (Lipinski definition) is 3. The Morgan fingerprint density at radius 2 is 1.67 bits per heavy atom. The van der Waals surface area contributed by atoms with E-state index in [0.29, 0.717) is 23.2 Å². The van der Waals surface area contributed by atoms with Crippen molar-refractivity contribution in [3.05, 3.63) is 0 Å². The first-order valence-corrected chi connectivity index (χ1v) is 10.3. The second kappa shape index (κ2) is 5.44. The van der Waals surface area contributed by atoms with Gasteiger partial charge in [-0.05, 0) is 93.8 Å². The van der Waals surface area contributed by atoms with Crippen molar-refractivity contribution >= 4 is 0 Å². The van der Waals surface area contributed by atoms with Crippen LogP contribution in [0.25, 0.3) is 0 Å². The number of aliphatic hydroxyl groups excluding tert-OH is 2. The van der Waals surface area contributed by atoms with Crippen LogP contribution < -0.4 is 0 Å². The Kier molecular flexibility index (Phi) is 3.92. The lowest BCUT2D eigenvalue weighted by molar-refractivity contribution is -0.215. The predicted molar refractivity (Wildman–Crippen MR) is 94.4 cm³/mol. The number of aliphatic hydroxyl groups is 3. The fraction of sp³-hybridized carbons (Fsp3) is 1.00. The van der Waals surface area contributed by atoms with Crippen LogP contribution in [0, 0.1) is 34.5 Å². The Bertz CT molecular complexity index is 505. The first-order valence-electron chi connectivity index (χ1n) is 10.3. The van der Waals surface area contributed by atoms with Crippen molar-refractivity contribution in [1.29, 1.82) is 0 Å². The molecule has 3 heteroatoms. The number of hydrogen-bond acceptors (Lipinski definition) is 3. The lowest BCUT2D eigenvalue weighted by Gasteiger charge is -2.63. The average Bonchev–Trinajstić information content (AvgIpc) is 2.80. The Balaban J connectivity index is 1.66. The minimum Gasteiger partial charge on any atom is -0.393 e. The van der Waals surface area contributed by atoms with Gasteiger partial charge < -0.3 is 15.3 Å². The van der Waals surface area contributed by atoms with E-state index in [1.54, 1.807) is 0 Å². The van der Waals surface area contributed by atoms with Crippen LogP contribution in [0.5, 0.6) is 0 Å². The molecule has 0 bridgehead atoms. The third-order valence-corrected chi connectivity index (χ3v) is 9.48. The Labute approximate surface area is 146 Å². The van der Waals surface area contributed by atoms with E-state index in [9.17, 15) is 15.3 Å². The molecule has 9 atom stereocenters. The molecule has 0 aromatic carbocycles. The molecule has 4 fully saturated rings. The summed E-state index contributed by atoms with van der Waals surface area (Å²) in [5.74, 6) is 1.85. The Morgan fingerprint density at radius 1 is 0.917 bits per heavy atom. The van der Waals surface area contributed by atoms with Gasteiger partial charge in [-0.1, -0.05) is 13.8 Å². The van der Waals surface area contributed by atoms with E-state index >= 15 is 0 Å². The molecule has 0 saturated heterocycles. The summed E-state index contributed by atoms with van der Waals surface area (Å²) in [7, 11) is 0. The van der Waals surface area contributed by atoms with Crippen LogP contribution in [0.1, 0.15) is 78.6 Å². The summed E-state index contributed by atoms with van der Waals surface area (Å²) in [5, 5.41) is 32.3. The molecule has 24 heavy (non-hydrogen) atoms. The molecule has 0 heterocycles. The SMILES string of the molecule is CC(O)[C@H]1CC[C@]2(O)[C@@H]3CC[C@@H]4C[C@@H](O)CC[C@]4(C)[C@H]3CC[C@]12C. The quantitative estimate of drug-likeness (QED) is 0.687. The van der Waals surface area contributed by atoms with Crippen molar-refractivity contribution in [3.8, 4) is 0 Å². The van der Waals surface area contributed by atoms with Crippen LogP contribution in [0.3, 0.4) is 0 Å². The van der Waals surface area contributed by atoms with Gasteiger partial charge >= 0.3 is 0 Å². The van der Waals surface area contributed by atoms with Crippen molar-refractivity contribution in [2.45, 2.75) is 96.4 Å². The second-order valence-corrected chi connectivity index (χ2v) is 10.2. The summed E-state index contributed by atoms with van der Waals surface area (Å²) in [5.41, 5.74) is -0.427. The van der Waals surface area contributed by atoms with Crippen molar-refractivity contribution in [2.75, 3.05) is 0 Å². The van der Waals surface area contributed by atoms with Gasteiger partial charge in [-0.3, -0.25) is 0 Å². The lowest BCUT2D eigenvalue weighted by atomic mass is 9.43. The zero-order valence-corrected chi connectivity index (χ0v) is 15.7. The van der Waals surface area contributed by atoms with E-state index in [0.717, 1.165) is 51.4 Å². The zero-order chi connectivity index (χ0) is 17.3. The van der Waals surface area contributed by atoms with Gasteiger partial charge in [-0.15, -0.1) is 0 Å². The molecule has 0 radical (unpaired) electrons. The summed E-state index contributed by atoms with van der Waals surface area (Å²) in [4.78, 5) is 0. The maximum absolute atomic E-state index is 11.9. The minimum absolute atomic E-state index is 0.109. The largest absolute Gasteiger partial charge is 0.393 e. The summed E-state index contributed by atoms with van der Waals surface area (Å²) < 4.78 is 0. The van der Waals surface area contributed by atoms with Gasteiger partial charge in [0, 0.05) is 5.41 Å². The van der Waals surface area contributed by atoms with E-state index < -0.39 is 5.60 Å². The fourth-order valence-electron chi connectivity index (χ4n) is 8.02. The second-order valence-electron chi connectivity index (χ2n) is 10.2.